The second kappa shape index (κ2) is 8.64. The lowest BCUT2D eigenvalue weighted by Gasteiger charge is -2.12. The van der Waals surface area contributed by atoms with Crippen molar-refractivity contribution in [3.8, 4) is 0 Å². The summed E-state index contributed by atoms with van der Waals surface area (Å²) in [7, 11) is 0. The van der Waals surface area contributed by atoms with Crippen molar-refractivity contribution >= 4 is 17.5 Å². The van der Waals surface area contributed by atoms with Crippen molar-refractivity contribution in [2.45, 2.75) is 46.3 Å². The molecule has 172 valence electrons. The number of rotatable bonds is 6. The average molecular weight is 457 g/mol. The molecule has 0 aliphatic carbocycles. The molecule has 0 fully saturated rings. The second-order valence-electron chi connectivity index (χ2n) is 7.68. The van der Waals surface area contributed by atoms with Crippen LogP contribution < -0.4 is 5.32 Å². The number of amides is 1. The Hall–Kier alpha value is -3.76. The summed E-state index contributed by atoms with van der Waals surface area (Å²) in [5.41, 5.74) is 3.55. The molecule has 0 unspecified atom stereocenters. The van der Waals surface area contributed by atoms with Gasteiger partial charge in [0.05, 0.1) is 19.2 Å². The molecule has 1 amide bonds. The van der Waals surface area contributed by atoms with Gasteiger partial charge < -0.3 is 5.32 Å². The first-order valence-electron chi connectivity index (χ1n) is 10.3. The average Bonchev–Trinajstić information content (AvgIpc) is 3.38. The van der Waals surface area contributed by atoms with Crippen molar-refractivity contribution < 1.29 is 18.0 Å². The molecular weight excluding hydrogens is 435 g/mol. The van der Waals surface area contributed by atoms with Gasteiger partial charge in [-0.15, -0.1) is 5.10 Å². The van der Waals surface area contributed by atoms with Crippen LogP contribution in [0.1, 0.15) is 40.8 Å². The van der Waals surface area contributed by atoms with E-state index in [4.69, 9.17) is 0 Å². The third kappa shape index (κ3) is 4.71. The molecule has 33 heavy (non-hydrogen) atoms. The Kier molecular flexibility index (Phi) is 5.88. The highest BCUT2D eigenvalue weighted by atomic mass is 19.4. The molecule has 0 saturated carbocycles. The van der Waals surface area contributed by atoms with Gasteiger partial charge in [-0.3, -0.25) is 4.79 Å². The summed E-state index contributed by atoms with van der Waals surface area (Å²) in [5, 5.41) is 10.6. The fourth-order valence-electron chi connectivity index (χ4n) is 3.55. The first kappa shape index (κ1) is 22.4. The van der Waals surface area contributed by atoms with Gasteiger partial charge >= 0.3 is 6.18 Å². The zero-order valence-electron chi connectivity index (χ0n) is 18.3. The van der Waals surface area contributed by atoms with Crippen LogP contribution in [-0.2, 0) is 30.4 Å². The molecule has 0 atom stereocenters. The van der Waals surface area contributed by atoms with Crippen molar-refractivity contribution in [1.29, 1.82) is 0 Å². The van der Waals surface area contributed by atoms with Gasteiger partial charge in [-0.05, 0) is 31.4 Å². The first-order chi connectivity index (χ1) is 15.7. The highest BCUT2D eigenvalue weighted by Crippen LogP contribution is 2.27. The molecule has 4 rings (SSSR count). The minimum atomic E-state index is -4.68. The maximum atomic E-state index is 13.0. The van der Waals surface area contributed by atoms with E-state index in [-0.39, 0.29) is 18.1 Å². The minimum Gasteiger partial charge on any atom is -0.311 e. The van der Waals surface area contributed by atoms with Gasteiger partial charge in [0.1, 0.15) is 5.82 Å². The Balaban J connectivity index is 1.52. The number of carbonyl (C=O) groups excluding carboxylic acids is 1. The number of aryl methyl sites for hydroxylation is 3. The number of aromatic nitrogens is 6. The lowest BCUT2D eigenvalue weighted by molar-refractivity contribution is -0.144. The molecule has 1 N–H and O–H groups in total. The second-order valence-corrected chi connectivity index (χ2v) is 7.68. The molecule has 0 saturated heterocycles. The number of fused-ring (bicyclic) bond motifs is 1. The van der Waals surface area contributed by atoms with E-state index in [1.165, 1.54) is 5.56 Å². The number of nitrogens with zero attached hydrogens (tertiary/aromatic N) is 6. The quantitative estimate of drug-likeness (QED) is 0.476. The van der Waals surface area contributed by atoms with Crippen molar-refractivity contribution in [2.75, 3.05) is 5.32 Å². The standard InChI is InChI=1S/C22H22F3N7O/c1-4-15-5-7-16(8-6-15)12-31-18(9-10-26-31)28-19(33)11-17-13(2)27-21-29-20(22(23,24)25)30-32(21)14(17)3/h5-10H,4,11-12H2,1-3H3,(H,28,33). The lowest BCUT2D eigenvalue weighted by atomic mass is 10.1. The van der Waals surface area contributed by atoms with Crippen molar-refractivity contribution in [3.63, 3.8) is 0 Å². The van der Waals surface area contributed by atoms with Gasteiger partial charge in [-0.25, -0.2) is 14.2 Å². The SMILES string of the molecule is CCc1ccc(Cn2nccc2NC(=O)Cc2c(C)nc3nc(C(F)(F)F)nn3c2C)cc1. The van der Waals surface area contributed by atoms with E-state index < -0.39 is 12.0 Å². The molecule has 1 aromatic carbocycles. The van der Waals surface area contributed by atoms with Crippen LogP contribution >= 0.6 is 0 Å². The molecule has 8 nitrogen and oxygen atoms in total. The highest BCUT2D eigenvalue weighted by Gasteiger charge is 2.37. The van der Waals surface area contributed by atoms with E-state index in [1.54, 1.807) is 30.8 Å². The Morgan fingerprint density at radius 2 is 1.76 bits per heavy atom. The summed E-state index contributed by atoms with van der Waals surface area (Å²) < 4.78 is 41.6. The van der Waals surface area contributed by atoms with Gasteiger partial charge in [0.15, 0.2) is 0 Å². The monoisotopic (exact) mass is 457 g/mol. The molecule has 0 bridgehead atoms. The normalized spacial score (nSPS) is 11.8. The summed E-state index contributed by atoms with van der Waals surface area (Å²) in [6.07, 6.45) is -2.22. The van der Waals surface area contributed by atoms with Crippen LogP contribution in [0, 0.1) is 13.8 Å². The minimum absolute atomic E-state index is 0.0851. The van der Waals surface area contributed by atoms with Gasteiger partial charge in [0.25, 0.3) is 11.6 Å². The van der Waals surface area contributed by atoms with Crippen LogP contribution in [0.5, 0.6) is 0 Å². The molecule has 4 aromatic rings. The summed E-state index contributed by atoms with van der Waals surface area (Å²) in [6.45, 7) is 5.79. The van der Waals surface area contributed by atoms with Gasteiger partial charge in [0.2, 0.25) is 5.91 Å². The maximum Gasteiger partial charge on any atom is 0.453 e. The number of hydrogen-bond acceptors (Lipinski definition) is 5. The summed E-state index contributed by atoms with van der Waals surface area (Å²) in [4.78, 5) is 20.3. The van der Waals surface area contributed by atoms with Crippen molar-refractivity contribution in [3.05, 3.63) is 70.4 Å². The Bertz CT molecular complexity index is 1310. The molecule has 0 aliphatic rings. The van der Waals surface area contributed by atoms with Gasteiger partial charge in [-0.1, -0.05) is 31.2 Å². The van der Waals surface area contributed by atoms with Crippen LogP contribution in [0.4, 0.5) is 19.0 Å². The predicted molar refractivity (Wildman–Crippen MR) is 115 cm³/mol. The smallest absolute Gasteiger partial charge is 0.311 e. The molecule has 0 aliphatic heterocycles. The number of hydrogen-bond donors (Lipinski definition) is 1. The zero-order valence-corrected chi connectivity index (χ0v) is 18.3. The third-order valence-electron chi connectivity index (χ3n) is 5.39. The topological polar surface area (TPSA) is 90.0 Å². The Labute approximate surface area is 187 Å². The van der Waals surface area contributed by atoms with E-state index >= 15 is 0 Å². The molecule has 0 radical (unpaired) electrons. The van der Waals surface area contributed by atoms with E-state index in [0.29, 0.717) is 29.3 Å². The summed E-state index contributed by atoms with van der Waals surface area (Å²) >= 11 is 0. The summed E-state index contributed by atoms with van der Waals surface area (Å²) in [6, 6.07) is 9.84. The number of alkyl halides is 3. The van der Waals surface area contributed by atoms with Crippen LogP contribution in [0.2, 0.25) is 0 Å². The molecule has 11 heteroatoms. The van der Waals surface area contributed by atoms with Crippen LogP contribution in [0.15, 0.2) is 36.5 Å². The van der Waals surface area contributed by atoms with Crippen LogP contribution in [0.25, 0.3) is 5.78 Å². The Morgan fingerprint density at radius 3 is 2.42 bits per heavy atom. The third-order valence-corrected chi connectivity index (χ3v) is 5.39. The molecule has 3 aromatic heterocycles. The zero-order chi connectivity index (χ0) is 23.8. The Morgan fingerprint density at radius 1 is 1.06 bits per heavy atom. The van der Waals surface area contributed by atoms with E-state index in [2.05, 4.69) is 44.5 Å². The number of nitrogens with one attached hydrogen (secondary N) is 1. The fraction of sp³-hybridized carbons (Fsp3) is 0.318. The summed E-state index contributed by atoms with van der Waals surface area (Å²) in [5.74, 6) is -1.26. The number of halogens is 3. The highest BCUT2D eigenvalue weighted by molar-refractivity contribution is 5.91. The van der Waals surface area contributed by atoms with Crippen LogP contribution in [0.3, 0.4) is 0 Å². The lowest BCUT2D eigenvalue weighted by Crippen LogP contribution is -2.20. The fourth-order valence-corrected chi connectivity index (χ4v) is 3.55. The molecular formula is C22H22F3N7O. The van der Waals surface area contributed by atoms with E-state index in [1.807, 2.05) is 12.1 Å². The van der Waals surface area contributed by atoms with Crippen LogP contribution in [-0.4, -0.2) is 35.3 Å². The van der Waals surface area contributed by atoms with Crippen molar-refractivity contribution in [1.82, 2.24) is 29.4 Å². The predicted octanol–water partition coefficient (Wildman–Crippen LogP) is 3.75. The molecule has 3 heterocycles. The molecule has 0 spiro atoms. The van der Waals surface area contributed by atoms with Gasteiger partial charge in [0, 0.05) is 23.0 Å². The van der Waals surface area contributed by atoms with E-state index in [9.17, 15) is 18.0 Å². The van der Waals surface area contributed by atoms with Crippen molar-refractivity contribution in [2.24, 2.45) is 0 Å². The number of benzene rings is 1. The van der Waals surface area contributed by atoms with Gasteiger partial charge in [-0.2, -0.15) is 23.3 Å². The largest absolute Gasteiger partial charge is 0.453 e. The maximum absolute atomic E-state index is 13.0. The first-order valence-corrected chi connectivity index (χ1v) is 10.3. The number of anilines is 1. The number of carbonyl (C=O) groups is 1. The van der Waals surface area contributed by atoms with E-state index in [0.717, 1.165) is 16.5 Å².